The first kappa shape index (κ1) is 17.2. The second-order valence-corrected chi connectivity index (χ2v) is 6.38. The molecule has 1 fully saturated rings. The number of hydrogen-bond acceptors (Lipinski definition) is 3. The number of unbranched alkanes of at least 4 members (excludes halogenated alkanes) is 1. The van der Waals surface area contributed by atoms with Gasteiger partial charge in [-0.05, 0) is 50.5 Å². The van der Waals surface area contributed by atoms with Gasteiger partial charge in [0.05, 0.1) is 12.8 Å². The van der Waals surface area contributed by atoms with Crippen LogP contribution in [0.4, 0.5) is 0 Å². The second-order valence-electron chi connectivity index (χ2n) is 5.97. The standard InChI is InChI=1S/C18H28N2OS/c1-3-4-14-21-17-10-8-16(9-11-17)18(22)19-15(2)20-12-6-5-7-13-20/h8-11,15H,3-7,12-14H2,1-2H3,(H,19,22). The Hall–Kier alpha value is -1.13. The lowest BCUT2D eigenvalue weighted by atomic mass is 10.1. The highest BCUT2D eigenvalue weighted by Crippen LogP contribution is 2.14. The van der Waals surface area contributed by atoms with E-state index in [1.54, 1.807) is 0 Å². The largest absolute Gasteiger partial charge is 0.494 e. The summed E-state index contributed by atoms with van der Waals surface area (Å²) in [5, 5.41) is 3.45. The molecule has 1 aliphatic heterocycles. The Morgan fingerprint density at radius 3 is 2.55 bits per heavy atom. The van der Waals surface area contributed by atoms with Gasteiger partial charge in [-0.2, -0.15) is 0 Å². The molecule has 0 radical (unpaired) electrons. The number of nitrogens with zero attached hydrogens (tertiary/aromatic N) is 1. The molecule has 1 N–H and O–H groups in total. The Bertz CT molecular complexity index is 455. The third kappa shape index (κ3) is 5.25. The fraction of sp³-hybridized carbons (Fsp3) is 0.611. The molecule has 1 aromatic rings. The smallest absolute Gasteiger partial charge is 0.119 e. The zero-order valence-corrected chi connectivity index (χ0v) is 14.6. The molecule has 22 heavy (non-hydrogen) atoms. The van der Waals surface area contributed by atoms with Crippen LogP contribution < -0.4 is 10.1 Å². The van der Waals surface area contributed by atoms with Crippen LogP contribution in [0.2, 0.25) is 0 Å². The summed E-state index contributed by atoms with van der Waals surface area (Å²) in [6.45, 7) is 7.48. The number of piperidine rings is 1. The predicted octanol–water partition coefficient (Wildman–Crippen LogP) is 3.96. The van der Waals surface area contributed by atoms with Crippen LogP contribution in [0.5, 0.6) is 5.75 Å². The zero-order valence-electron chi connectivity index (χ0n) is 13.8. The molecule has 4 heteroatoms. The summed E-state index contributed by atoms with van der Waals surface area (Å²) in [7, 11) is 0. The molecule has 1 heterocycles. The molecule has 1 atom stereocenters. The molecular weight excluding hydrogens is 292 g/mol. The van der Waals surface area contributed by atoms with Crippen molar-refractivity contribution in [2.45, 2.75) is 52.1 Å². The van der Waals surface area contributed by atoms with Gasteiger partial charge in [0.15, 0.2) is 0 Å². The fourth-order valence-corrected chi connectivity index (χ4v) is 3.01. The normalized spacial score (nSPS) is 17.0. The maximum absolute atomic E-state index is 5.69. The fourth-order valence-electron chi connectivity index (χ4n) is 2.71. The lowest BCUT2D eigenvalue weighted by Crippen LogP contribution is -2.47. The Morgan fingerprint density at radius 1 is 1.23 bits per heavy atom. The highest BCUT2D eigenvalue weighted by molar-refractivity contribution is 7.80. The molecule has 1 saturated heterocycles. The highest BCUT2D eigenvalue weighted by atomic mass is 32.1. The van der Waals surface area contributed by atoms with E-state index < -0.39 is 0 Å². The van der Waals surface area contributed by atoms with Gasteiger partial charge in [-0.15, -0.1) is 0 Å². The van der Waals surface area contributed by atoms with E-state index in [1.165, 1.54) is 32.4 Å². The Balaban J connectivity index is 1.83. The van der Waals surface area contributed by atoms with Crippen LogP contribution in [-0.2, 0) is 0 Å². The number of nitrogens with one attached hydrogen (secondary N) is 1. The number of ether oxygens (including phenoxy) is 1. The zero-order chi connectivity index (χ0) is 15.8. The minimum atomic E-state index is 0.299. The summed E-state index contributed by atoms with van der Waals surface area (Å²) < 4.78 is 5.69. The minimum absolute atomic E-state index is 0.299. The molecule has 0 amide bonds. The van der Waals surface area contributed by atoms with Crippen LogP contribution in [0.3, 0.4) is 0 Å². The van der Waals surface area contributed by atoms with Gasteiger partial charge in [-0.1, -0.05) is 32.0 Å². The quantitative estimate of drug-likeness (QED) is 0.607. The van der Waals surface area contributed by atoms with Crippen LogP contribution >= 0.6 is 12.2 Å². The topological polar surface area (TPSA) is 24.5 Å². The van der Waals surface area contributed by atoms with Gasteiger partial charge in [-0.3, -0.25) is 4.90 Å². The summed E-state index contributed by atoms with van der Waals surface area (Å²) in [6.07, 6.45) is 6.49. The summed E-state index contributed by atoms with van der Waals surface area (Å²) in [5.41, 5.74) is 1.06. The Kier molecular flexibility index (Phi) is 7.13. The Labute approximate surface area is 140 Å². The summed E-state index contributed by atoms with van der Waals surface area (Å²) >= 11 is 5.54. The molecular formula is C18H28N2OS. The van der Waals surface area contributed by atoms with E-state index >= 15 is 0 Å². The van der Waals surface area contributed by atoms with Gasteiger partial charge in [0.25, 0.3) is 0 Å². The lowest BCUT2D eigenvalue weighted by molar-refractivity contribution is 0.164. The van der Waals surface area contributed by atoms with Crippen molar-refractivity contribution in [1.82, 2.24) is 10.2 Å². The van der Waals surface area contributed by atoms with Crippen molar-refractivity contribution in [1.29, 1.82) is 0 Å². The third-order valence-electron chi connectivity index (χ3n) is 4.16. The minimum Gasteiger partial charge on any atom is -0.494 e. The highest BCUT2D eigenvalue weighted by Gasteiger charge is 2.17. The van der Waals surface area contributed by atoms with Gasteiger partial charge in [-0.25, -0.2) is 0 Å². The van der Waals surface area contributed by atoms with E-state index in [0.29, 0.717) is 6.17 Å². The molecule has 0 bridgehead atoms. The SMILES string of the molecule is CCCCOc1ccc(C(=S)NC(C)N2CCCCC2)cc1. The number of hydrogen-bond donors (Lipinski definition) is 1. The van der Waals surface area contributed by atoms with Crippen molar-refractivity contribution >= 4 is 17.2 Å². The predicted molar refractivity (Wildman–Crippen MR) is 96.6 cm³/mol. The molecule has 2 rings (SSSR count). The molecule has 3 nitrogen and oxygen atoms in total. The third-order valence-corrected chi connectivity index (χ3v) is 4.52. The van der Waals surface area contributed by atoms with Gasteiger partial charge < -0.3 is 10.1 Å². The number of thiocarbonyl (C=S) groups is 1. The first-order valence-electron chi connectivity index (χ1n) is 8.48. The monoisotopic (exact) mass is 320 g/mol. The van der Waals surface area contributed by atoms with E-state index in [4.69, 9.17) is 17.0 Å². The van der Waals surface area contributed by atoms with Crippen molar-refractivity contribution in [3.05, 3.63) is 29.8 Å². The molecule has 1 aliphatic rings. The van der Waals surface area contributed by atoms with Crippen LogP contribution in [0.1, 0.15) is 51.5 Å². The van der Waals surface area contributed by atoms with Crippen LogP contribution in [-0.4, -0.2) is 35.8 Å². The van der Waals surface area contributed by atoms with Crippen molar-refractivity contribution < 1.29 is 4.74 Å². The second kappa shape index (κ2) is 9.11. The van der Waals surface area contributed by atoms with Crippen molar-refractivity contribution in [3.63, 3.8) is 0 Å². The maximum Gasteiger partial charge on any atom is 0.119 e. The number of likely N-dealkylation sites (tertiary alicyclic amines) is 1. The van der Waals surface area contributed by atoms with Crippen LogP contribution in [0, 0.1) is 0 Å². The molecule has 1 aromatic carbocycles. The summed E-state index contributed by atoms with van der Waals surface area (Å²) in [4.78, 5) is 3.29. The first-order valence-corrected chi connectivity index (χ1v) is 8.89. The molecule has 1 unspecified atom stereocenters. The molecule has 0 spiro atoms. The van der Waals surface area contributed by atoms with Gasteiger partial charge >= 0.3 is 0 Å². The summed E-state index contributed by atoms with van der Waals surface area (Å²) in [6, 6.07) is 8.09. The average molecular weight is 321 g/mol. The Morgan fingerprint density at radius 2 is 1.91 bits per heavy atom. The molecule has 0 aromatic heterocycles. The van der Waals surface area contributed by atoms with E-state index in [0.717, 1.165) is 35.7 Å². The van der Waals surface area contributed by atoms with E-state index in [-0.39, 0.29) is 0 Å². The van der Waals surface area contributed by atoms with E-state index in [2.05, 4.69) is 24.1 Å². The van der Waals surface area contributed by atoms with Crippen LogP contribution in [0.25, 0.3) is 0 Å². The van der Waals surface area contributed by atoms with Gasteiger partial charge in [0.1, 0.15) is 10.7 Å². The molecule has 0 aliphatic carbocycles. The van der Waals surface area contributed by atoms with E-state index in [1.807, 2.05) is 24.3 Å². The van der Waals surface area contributed by atoms with Gasteiger partial charge in [0, 0.05) is 18.7 Å². The van der Waals surface area contributed by atoms with Crippen molar-refractivity contribution in [2.75, 3.05) is 19.7 Å². The number of rotatable bonds is 7. The van der Waals surface area contributed by atoms with Crippen molar-refractivity contribution in [3.8, 4) is 5.75 Å². The van der Waals surface area contributed by atoms with Gasteiger partial charge in [0.2, 0.25) is 0 Å². The molecule has 0 saturated carbocycles. The summed E-state index contributed by atoms with van der Waals surface area (Å²) in [5.74, 6) is 0.920. The average Bonchev–Trinajstić information content (AvgIpc) is 2.56. The molecule has 122 valence electrons. The maximum atomic E-state index is 5.69. The van der Waals surface area contributed by atoms with E-state index in [9.17, 15) is 0 Å². The lowest BCUT2D eigenvalue weighted by Gasteiger charge is -2.33. The van der Waals surface area contributed by atoms with Crippen molar-refractivity contribution in [2.24, 2.45) is 0 Å². The van der Waals surface area contributed by atoms with Crippen LogP contribution in [0.15, 0.2) is 24.3 Å². The number of benzene rings is 1. The first-order chi connectivity index (χ1) is 10.7.